The van der Waals surface area contributed by atoms with Crippen LogP contribution in [-0.2, 0) is 0 Å². The molecule has 1 aromatic carbocycles. The summed E-state index contributed by atoms with van der Waals surface area (Å²) in [7, 11) is 3.22. The Balaban J connectivity index is 1.41. The SMILES string of the molecule is CN=Cc1cc(NC(=O)c2ccc(N3CCC(NC4CC4)CC3)n3cc(C)nc23)c(OC)cc1N. The van der Waals surface area contributed by atoms with Gasteiger partial charge in [0, 0.05) is 61.9 Å². The number of carbonyl (C=O) groups is 1. The van der Waals surface area contributed by atoms with Gasteiger partial charge < -0.3 is 26.0 Å². The molecule has 9 heteroatoms. The fraction of sp³-hybridized carbons (Fsp3) is 0.423. The van der Waals surface area contributed by atoms with Gasteiger partial charge in [-0.25, -0.2) is 4.98 Å². The molecule has 1 saturated carbocycles. The Kier molecular flexibility index (Phi) is 6.34. The molecule has 3 heterocycles. The van der Waals surface area contributed by atoms with E-state index in [1.165, 1.54) is 12.8 Å². The molecular formula is C26H33N7O2. The van der Waals surface area contributed by atoms with Crippen molar-refractivity contribution in [3.05, 3.63) is 47.3 Å². The summed E-state index contributed by atoms with van der Waals surface area (Å²) in [6, 6.07) is 8.67. The molecule has 1 aliphatic carbocycles. The molecule has 0 radical (unpaired) electrons. The van der Waals surface area contributed by atoms with E-state index in [1.54, 1.807) is 32.5 Å². The number of imidazole rings is 1. The Morgan fingerprint density at radius 2 is 1.94 bits per heavy atom. The van der Waals surface area contributed by atoms with Crippen LogP contribution in [0.25, 0.3) is 5.65 Å². The third-order valence-electron chi connectivity index (χ3n) is 6.75. The van der Waals surface area contributed by atoms with Crippen LogP contribution in [0.3, 0.4) is 0 Å². The Morgan fingerprint density at radius 3 is 2.63 bits per heavy atom. The summed E-state index contributed by atoms with van der Waals surface area (Å²) in [5, 5.41) is 6.73. The number of amides is 1. The minimum Gasteiger partial charge on any atom is -0.494 e. The summed E-state index contributed by atoms with van der Waals surface area (Å²) in [6.45, 7) is 3.91. The smallest absolute Gasteiger partial charge is 0.259 e. The number of aromatic nitrogens is 2. The van der Waals surface area contributed by atoms with Gasteiger partial charge in [-0.15, -0.1) is 0 Å². The first kappa shape index (κ1) is 23.2. The number of benzene rings is 1. The van der Waals surface area contributed by atoms with E-state index >= 15 is 0 Å². The Bertz CT molecular complexity index is 1270. The van der Waals surface area contributed by atoms with Crippen LogP contribution in [-0.4, -0.2) is 60.8 Å². The number of pyridine rings is 1. The predicted molar refractivity (Wildman–Crippen MR) is 140 cm³/mol. The number of carbonyl (C=O) groups excluding carboxylic acids is 1. The van der Waals surface area contributed by atoms with Crippen LogP contribution in [0.1, 0.15) is 47.3 Å². The molecule has 5 rings (SSSR count). The van der Waals surface area contributed by atoms with Gasteiger partial charge in [0.25, 0.3) is 5.91 Å². The number of hydrogen-bond acceptors (Lipinski definition) is 7. The van der Waals surface area contributed by atoms with E-state index in [-0.39, 0.29) is 5.91 Å². The summed E-state index contributed by atoms with van der Waals surface area (Å²) in [5.74, 6) is 1.29. The fourth-order valence-electron chi connectivity index (χ4n) is 4.79. The number of rotatable bonds is 7. The number of ether oxygens (including phenoxy) is 1. The Hall–Kier alpha value is -3.59. The number of piperidine rings is 1. The molecule has 1 amide bonds. The molecule has 4 N–H and O–H groups in total. The molecule has 3 aromatic rings. The molecule has 0 bridgehead atoms. The number of nitrogens with two attached hydrogens (primary N) is 1. The van der Waals surface area contributed by atoms with Gasteiger partial charge in [-0.2, -0.15) is 0 Å². The van der Waals surface area contributed by atoms with Crippen LogP contribution >= 0.6 is 0 Å². The minimum atomic E-state index is -0.262. The number of nitrogens with one attached hydrogen (secondary N) is 2. The van der Waals surface area contributed by atoms with Crippen molar-refractivity contribution in [2.24, 2.45) is 4.99 Å². The molecule has 1 saturated heterocycles. The Morgan fingerprint density at radius 1 is 1.20 bits per heavy atom. The molecule has 184 valence electrons. The first-order valence-electron chi connectivity index (χ1n) is 12.2. The second kappa shape index (κ2) is 9.58. The van der Waals surface area contributed by atoms with E-state index in [0.717, 1.165) is 43.5 Å². The second-order valence-electron chi connectivity index (χ2n) is 9.41. The number of nitrogens with zero attached hydrogens (tertiary/aromatic N) is 4. The zero-order chi connectivity index (χ0) is 24.5. The van der Waals surface area contributed by atoms with Crippen molar-refractivity contribution >= 4 is 35.0 Å². The van der Waals surface area contributed by atoms with Crippen molar-refractivity contribution in [1.29, 1.82) is 0 Å². The summed E-state index contributed by atoms with van der Waals surface area (Å²) in [4.78, 5) is 24.5. The molecular weight excluding hydrogens is 442 g/mol. The van der Waals surface area contributed by atoms with E-state index in [1.807, 2.05) is 29.7 Å². The van der Waals surface area contributed by atoms with Crippen LogP contribution in [0.5, 0.6) is 5.75 Å². The number of fused-ring (bicyclic) bond motifs is 1. The topological polar surface area (TPSA) is 109 Å². The van der Waals surface area contributed by atoms with Crippen molar-refractivity contribution < 1.29 is 9.53 Å². The third-order valence-corrected chi connectivity index (χ3v) is 6.75. The normalized spacial score (nSPS) is 16.8. The van der Waals surface area contributed by atoms with Crippen molar-refractivity contribution in [2.75, 3.05) is 43.2 Å². The van der Waals surface area contributed by atoms with Gasteiger partial charge in [-0.05, 0) is 50.8 Å². The van der Waals surface area contributed by atoms with E-state index in [0.29, 0.717) is 39.9 Å². The van der Waals surface area contributed by atoms with Crippen molar-refractivity contribution in [1.82, 2.24) is 14.7 Å². The van der Waals surface area contributed by atoms with Crippen molar-refractivity contribution in [3.8, 4) is 5.75 Å². The Labute approximate surface area is 205 Å². The molecule has 2 fully saturated rings. The zero-order valence-corrected chi connectivity index (χ0v) is 20.5. The standard InChI is InChI=1S/C26H33N7O2/c1-16-15-33-24(32-10-8-19(9-11-32)30-18-4-5-18)7-6-20(25(33)29-16)26(34)31-22-12-17(14-28-2)21(27)13-23(22)35-3/h6-7,12-15,18-19,30H,4-5,8-11,27H2,1-3H3,(H,31,34). The van der Waals surface area contributed by atoms with Gasteiger partial charge in [0.2, 0.25) is 0 Å². The first-order valence-corrected chi connectivity index (χ1v) is 12.2. The van der Waals surface area contributed by atoms with Crippen LogP contribution in [0.4, 0.5) is 17.2 Å². The van der Waals surface area contributed by atoms with Crippen molar-refractivity contribution in [3.63, 3.8) is 0 Å². The van der Waals surface area contributed by atoms with Gasteiger partial charge >= 0.3 is 0 Å². The lowest BCUT2D eigenvalue weighted by molar-refractivity contribution is 0.102. The maximum Gasteiger partial charge on any atom is 0.259 e. The monoisotopic (exact) mass is 475 g/mol. The van der Waals surface area contributed by atoms with Gasteiger partial charge in [-0.3, -0.25) is 14.2 Å². The molecule has 9 nitrogen and oxygen atoms in total. The lowest BCUT2D eigenvalue weighted by atomic mass is 10.0. The van der Waals surface area contributed by atoms with Gasteiger partial charge in [0.15, 0.2) is 5.65 Å². The largest absolute Gasteiger partial charge is 0.494 e. The molecule has 2 aliphatic rings. The molecule has 0 unspecified atom stereocenters. The van der Waals surface area contributed by atoms with Crippen LogP contribution in [0.2, 0.25) is 0 Å². The number of nitrogen functional groups attached to an aromatic ring is 1. The van der Waals surface area contributed by atoms with Gasteiger partial charge in [-0.1, -0.05) is 0 Å². The van der Waals surface area contributed by atoms with Crippen LogP contribution in [0, 0.1) is 6.92 Å². The van der Waals surface area contributed by atoms with Gasteiger partial charge in [0.1, 0.15) is 11.6 Å². The van der Waals surface area contributed by atoms with Crippen LogP contribution < -0.4 is 26.0 Å². The van der Waals surface area contributed by atoms with E-state index in [4.69, 9.17) is 10.5 Å². The highest BCUT2D eigenvalue weighted by atomic mass is 16.5. The second-order valence-corrected chi connectivity index (χ2v) is 9.41. The van der Waals surface area contributed by atoms with Crippen molar-refractivity contribution in [2.45, 2.75) is 44.7 Å². The fourth-order valence-corrected chi connectivity index (χ4v) is 4.79. The molecule has 35 heavy (non-hydrogen) atoms. The van der Waals surface area contributed by atoms with E-state index in [9.17, 15) is 4.79 Å². The number of methoxy groups -OCH3 is 1. The highest BCUT2D eigenvalue weighted by Gasteiger charge is 2.28. The molecule has 0 spiro atoms. The zero-order valence-electron chi connectivity index (χ0n) is 20.5. The predicted octanol–water partition coefficient (Wildman–Crippen LogP) is 3.26. The average molecular weight is 476 g/mol. The quantitative estimate of drug-likeness (QED) is 0.358. The third kappa shape index (κ3) is 4.81. The number of anilines is 3. The average Bonchev–Trinajstić information content (AvgIpc) is 3.58. The number of hydrogen-bond donors (Lipinski definition) is 3. The summed E-state index contributed by atoms with van der Waals surface area (Å²) < 4.78 is 7.49. The summed E-state index contributed by atoms with van der Waals surface area (Å²) in [5.41, 5.74) is 9.85. The number of aliphatic imine (C=N–C) groups is 1. The highest BCUT2D eigenvalue weighted by Crippen LogP contribution is 2.31. The molecule has 1 aliphatic heterocycles. The highest BCUT2D eigenvalue weighted by molar-refractivity contribution is 6.09. The van der Waals surface area contributed by atoms with Gasteiger partial charge in [0.05, 0.1) is 24.1 Å². The maximum absolute atomic E-state index is 13.4. The molecule has 2 aromatic heterocycles. The van der Waals surface area contributed by atoms with Crippen LogP contribution in [0.15, 0.2) is 35.5 Å². The molecule has 0 atom stereocenters. The summed E-state index contributed by atoms with van der Waals surface area (Å²) in [6.07, 6.45) is 8.51. The minimum absolute atomic E-state index is 0.262. The van der Waals surface area contributed by atoms with E-state index in [2.05, 4.69) is 25.5 Å². The summed E-state index contributed by atoms with van der Waals surface area (Å²) >= 11 is 0. The van der Waals surface area contributed by atoms with E-state index < -0.39 is 0 Å². The lowest BCUT2D eigenvalue weighted by Gasteiger charge is -2.34. The number of aryl methyl sites for hydroxylation is 1. The lowest BCUT2D eigenvalue weighted by Crippen LogP contribution is -2.43. The first-order chi connectivity index (χ1) is 17.0. The maximum atomic E-state index is 13.4.